The van der Waals surface area contributed by atoms with Crippen LogP contribution < -0.4 is 21.7 Å². The maximum Gasteiger partial charge on any atom is 0.268 e. The van der Waals surface area contributed by atoms with Crippen LogP contribution >= 0.6 is 34.0 Å². The van der Waals surface area contributed by atoms with Crippen molar-refractivity contribution in [2.24, 2.45) is 0 Å². The lowest BCUT2D eigenvalue weighted by Crippen LogP contribution is -2.31. The Kier molecular flexibility index (Phi) is 3.82. The molecule has 0 aliphatic carbocycles. The van der Waals surface area contributed by atoms with Crippen LogP contribution in [0.4, 0.5) is 0 Å². The van der Waals surface area contributed by atoms with Gasteiger partial charge in [0.25, 0.3) is 10.9 Å². The molecule has 0 fully saturated rings. The third-order valence-electron chi connectivity index (χ3n) is 4.57. The van der Waals surface area contributed by atoms with Crippen LogP contribution in [-0.2, 0) is 0 Å². The van der Waals surface area contributed by atoms with Crippen molar-refractivity contribution in [1.82, 2.24) is 0 Å². The lowest BCUT2D eigenvalue weighted by Gasteiger charge is -2.01. The molecule has 6 nitrogen and oxygen atoms in total. The predicted octanol–water partition coefficient (Wildman–Crippen LogP) is 3.14. The van der Waals surface area contributed by atoms with Gasteiger partial charge in [-0.25, -0.2) is 0 Å². The Bertz CT molecular complexity index is 1450. The molecule has 29 heavy (non-hydrogen) atoms. The van der Waals surface area contributed by atoms with E-state index in [4.69, 9.17) is 0 Å². The first-order chi connectivity index (χ1) is 13.9. The maximum atomic E-state index is 11.6. The highest BCUT2D eigenvalue weighted by Crippen LogP contribution is 2.43. The zero-order chi connectivity index (χ0) is 20.4. The van der Waals surface area contributed by atoms with Gasteiger partial charge in [0.1, 0.15) is 0 Å². The first-order valence-corrected chi connectivity index (χ1v) is 10.7. The van der Waals surface area contributed by atoms with Crippen LogP contribution in [0.5, 0.6) is 11.5 Å². The second-order valence-corrected chi connectivity index (χ2v) is 9.51. The fourth-order valence-corrected chi connectivity index (χ4v) is 6.31. The SMILES string of the molecule is O=c1c(O)c(-c2ccc(-c3ccc(-c4ccc(-c5c(O)c(=O)c5=O)s4)s3)s2)c1=O. The molecule has 0 amide bonds. The first-order valence-electron chi connectivity index (χ1n) is 8.22. The van der Waals surface area contributed by atoms with Crippen LogP contribution in [0.3, 0.4) is 0 Å². The summed E-state index contributed by atoms with van der Waals surface area (Å²) in [6.45, 7) is 0. The van der Waals surface area contributed by atoms with Crippen molar-refractivity contribution < 1.29 is 10.2 Å². The molecule has 2 N–H and O–H groups in total. The molecule has 0 saturated heterocycles. The maximum absolute atomic E-state index is 11.6. The van der Waals surface area contributed by atoms with E-state index in [1.165, 1.54) is 34.0 Å². The smallest absolute Gasteiger partial charge is 0.268 e. The lowest BCUT2D eigenvalue weighted by atomic mass is 10.1. The number of hydrogen-bond donors (Lipinski definition) is 2. The standard InChI is InChI=1S/C20H8O6S3/c21-15-13(16(22)19(15)25)11-5-3-9(28-11)7-1-2-8(27-7)10-4-6-12(29-10)14-17(23)20(26)18(14)24/h1-6,21,23H. The van der Waals surface area contributed by atoms with E-state index in [9.17, 15) is 29.4 Å². The molecule has 0 unspecified atom stereocenters. The summed E-state index contributed by atoms with van der Waals surface area (Å²) >= 11 is 4.13. The highest BCUT2D eigenvalue weighted by atomic mass is 32.1. The number of rotatable bonds is 4. The Morgan fingerprint density at radius 1 is 0.448 bits per heavy atom. The summed E-state index contributed by atoms with van der Waals surface area (Å²) in [5.41, 5.74) is -2.91. The van der Waals surface area contributed by atoms with Crippen LogP contribution in [0, 0.1) is 0 Å². The van der Waals surface area contributed by atoms with Crippen molar-refractivity contribution in [1.29, 1.82) is 0 Å². The Hall–Kier alpha value is -3.14. The Morgan fingerprint density at radius 3 is 1.03 bits per heavy atom. The monoisotopic (exact) mass is 440 g/mol. The molecule has 142 valence electrons. The summed E-state index contributed by atoms with van der Waals surface area (Å²) in [6, 6.07) is 10.9. The molecule has 0 saturated carbocycles. The van der Waals surface area contributed by atoms with Crippen LogP contribution in [0.1, 0.15) is 0 Å². The molecule has 0 atom stereocenters. The highest BCUT2D eigenvalue weighted by Gasteiger charge is 2.24. The van der Waals surface area contributed by atoms with Gasteiger partial charge in [0, 0.05) is 29.3 Å². The average molecular weight is 440 g/mol. The Morgan fingerprint density at radius 2 is 0.724 bits per heavy atom. The minimum Gasteiger partial charge on any atom is -0.503 e. The predicted molar refractivity (Wildman–Crippen MR) is 115 cm³/mol. The molecule has 2 aromatic carbocycles. The summed E-state index contributed by atoms with van der Waals surface area (Å²) in [4.78, 5) is 50.5. The van der Waals surface area contributed by atoms with E-state index in [1.54, 1.807) is 12.1 Å². The Labute approximate surface area is 173 Å². The second-order valence-electron chi connectivity index (χ2n) is 6.26. The van der Waals surface area contributed by atoms with E-state index >= 15 is 0 Å². The minimum absolute atomic E-state index is 0.0683. The summed E-state index contributed by atoms with van der Waals surface area (Å²) in [6.07, 6.45) is 0. The van der Waals surface area contributed by atoms with Gasteiger partial charge in [-0.2, -0.15) is 0 Å². The molecule has 3 heterocycles. The zero-order valence-corrected chi connectivity index (χ0v) is 16.7. The van der Waals surface area contributed by atoms with Gasteiger partial charge in [-0.15, -0.1) is 34.0 Å². The van der Waals surface area contributed by atoms with Gasteiger partial charge in [0.2, 0.25) is 10.9 Å². The minimum atomic E-state index is -0.852. The molecular weight excluding hydrogens is 432 g/mol. The number of hydrogen-bond acceptors (Lipinski definition) is 9. The molecule has 9 heteroatoms. The molecule has 0 aliphatic heterocycles. The topological polar surface area (TPSA) is 109 Å². The number of aromatic hydroxyl groups is 2. The third kappa shape index (κ3) is 2.52. The van der Waals surface area contributed by atoms with Crippen molar-refractivity contribution in [3.8, 4) is 51.9 Å². The van der Waals surface area contributed by atoms with Gasteiger partial charge in [0.05, 0.1) is 11.1 Å². The van der Waals surface area contributed by atoms with E-state index < -0.39 is 33.2 Å². The third-order valence-corrected chi connectivity index (χ3v) is 8.25. The molecule has 0 spiro atoms. The number of thiophene rings is 3. The second kappa shape index (κ2) is 6.18. The summed E-state index contributed by atoms with van der Waals surface area (Å²) in [5, 5.41) is 19.2. The van der Waals surface area contributed by atoms with Crippen LogP contribution in [-0.4, -0.2) is 10.2 Å². The van der Waals surface area contributed by atoms with Gasteiger partial charge < -0.3 is 10.2 Å². The summed E-state index contributed by atoms with van der Waals surface area (Å²) < 4.78 is 0. The molecule has 5 aromatic rings. The van der Waals surface area contributed by atoms with Crippen LogP contribution in [0.25, 0.3) is 40.4 Å². The van der Waals surface area contributed by atoms with Crippen molar-refractivity contribution in [2.75, 3.05) is 0 Å². The normalized spacial score (nSPS) is 11.6. The molecule has 3 aromatic heterocycles. The van der Waals surface area contributed by atoms with Gasteiger partial charge >= 0.3 is 0 Å². The summed E-state index contributed by atoms with van der Waals surface area (Å²) in [5.74, 6) is -0.967. The quantitative estimate of drug-likeness (QED) is 0.416. The summed E-state index contributed by atoms with van der Waals surface area (Å²) in [7, 11) is 0. The van der Waals surface area contributed by atoms with E-state index in [0.717, 1.165) is 19.5 Å². The van der Waals surface area contributed by atoms with Crippen molar-refractivity contribution in [3.05, 3.63) is 77.3 Å². The highest BCUT2D eigenvalue weighted by molar-refractivity contribution is 7.27. The lowest BCUT2D eigenvalue weighted by molar-refractivity contribution is 0.465. The average Bonchev–Trinajstić information content (AvgIpc) is 3.47. The van der Waals surface area contributed by atoms with Gasteiger partial charge in [-0.05, 0) is 36.4 Å². The van der Waals surface area contributed by atoms with E-state index in [-0.39, 0.29) is 11.1 Å². The van der Waals surface area contributed by atoms with E-state index in [2.05, 4.69) is 0 Å². The fraction of sp³-hybridized carbons (Fsp3) is 0. The fourth-order valence-electron chi connectivity index (χ4n) is 3.03. The van der Waals surface area contributed by atoms with E-state index in [0.29, 0.717) is 9.75 Å². The zero-order valence-electron chi connectivity index (χ0n) is 14.2. The Balaban J connectivity index is 1.45. The van der Waals surface area contributed by atoms with Gasteiger partial charge in [0.15, 0.2) is 11.5 Å². The molecule has 0 radical (unpaired) electrons. The van der Waals surface area contributed by atoms with Crippen molar-refractivity contribution >= 4 is 34.0 Å². The van der Waals surface area contributed by atoms with Crippen molar-refractivity contribution in [3.63, 3.8) is 0 Å². The van der Waals surface area contributed by atoms with E-state index in [1.807, 2.05) is 24.3 Å². The van der Waals surface area contributed by atoms with Gasteiger partial charge in [-0.1, -0.05) is 0 Å². The molecule has 0 aliphatic rings. The van der Waals surface area contributed by atoms with Gasteiger partial charge in [-0.3, -0.25) is 19.2 Å². The van der Waals surface area contributed by atoms with Crippen LogP contribution in [0.15, 0.2) is 55.6 Å². The van der Waals surface area contributed by atoms with Crippen molar-refractivity contribution in [2.45, 2.75) is 0 Å². The first kappa shape index (κ1) is 17.9. The molecule has 0 bridgehead atoms. The molecular formula is C20H8O6S3. The molecule has 5 rings (SSSR count). The largest absolute Gasteiger partial charge is 0.503 e. The van der Waals surface area contributed by atoms with Crippen LogP contribution in [0.2, 0.25) is 0 Å².